The van der Waals surface area contributed by atoms with E-state index in [4.69, 9.17) is 5.21 Å². The monoisotopic (exact) mass is 222 g/mol. The molecule has 6 nitrogen and oxygen atoms in total. The van der Waals surface area contributed by atoms with Crippen LogP contribution in [0.3, 0.4) is 0 Å². The van der Waals surface area contributed by atoms with E-state index in [1.54, 1.807) is 12.1 Å². The van der Waals surface area contributed by atoms with Crippen molar-refractivity contribution in [3.8, 4) is 0 Å². The highest BCUT2D eigenvalue weighted by atomic mass is 16.5. The first-order valence-electron chi connectivity index (χ1n) is 4.41. The van der Waals surface area contributed by atoms with Crippen molar-refractivity contribution in [1.82, 2.24) is 4.98 Å². The maximum Gasteiger partial charge on any atom is 0.356 e. The Labute approximate surface area is 91.6 Å². The Morgan fingerprint density at radius 3 is 2.81 bits per heavy atom. The molecular weight excluding hydrogens is 212 g/mol. The molecule has 1 N–H and O–H groups in total. The van der Waals surface area contributed by atoms with Crippen LogP contribution in [0.15, 0.2) is 29.7 Å². The minimum Gasteiger partial charge on any atom is -0.464 e. The van der Waals surface area contributed by atoms with Crippen LogP contribution in [0.2, 0.25) is 0 Å². The highest BCUT2D eigenvalue weighted by Crippen LogP contribution is 2.03. The maximum atomic E-state index is 11.6. The van der Waals surface area contributed by atoms with Gasteiger partial charge in [-0.1, -0.05) is 5.16 Å². The second-order valence-electron chi connectivity index (χ2n) is 2.88. The van der Waals surface area contributed by atoms with E-state index in [0.29, 0.717) is 5.56 Å². The molecule has 0 saturated carbocycles. The topological polar surface area (TPSA) is 88.9 Å². The van der Waals surface area contributed by atoms with Crippen molar-refractivity contribution >= 4 is 17.5 Å². The summed E-state index contributed by atoms with van der Waals surface area (Å²) < 4.78 is 4.34. The van der Waals surface area contributed by atoms with Gasteiger partial charge in [-0.2, -0.15) is 0 Å². The van der Waals surface area contributed by atoms with Crippen LogP contribution in [0.1, 0.15) is 16.8 Å². The van der Waals surface area contributed by atoms with Gasteiger partial charge >= 0.3 is 5.97 Å². The summed E-state index contributed by atoms with van der Waals surface area (Å²) in [6.07, 6.45) is 2.57. The number of esters is 1. The van der Waals surface area contributed by atoms with Crippen LogP contribution < -0.4 is 0 Å². The second kappa shape index (κ2) is 5.59. The molecule has 16 heavy (non-hydrogen) atoms. The van der Waals surface area contributed by atoms with E-state index < -0.39 is 5.97 Å². The summed E-state index contributed by atoms with van der Waals surface area (Å²) in [5, 5.41) is 11.3. The van der Waals surface area contributed by atoms with Crippen molar-refractivity contribution in [1.29, 1.82) is 0 Å². The molecule has 0 aliphatic rings. The number of carbonyl (C=O) groups is 2. The Balaban J connectivity index is 2.75. The summed E-state index contributed by atoms with van der Waals surface area (Å²) in [5.41, 5.74) is 0.00362. The first-order valence-corrected chi connectivity index (χ1v) is 4.41. The summed E-state index contributed by atoms with van der Waals surface area (Å²) in [5.74, 6) is -1.20. The molecule has 0 aliphatic carbocycles. The largest absolute Gasteiger partial charge is 0.464 e. The van der Waals surface area contributed by atoms with E-state index in [2.05, 4.69) is 14.9 Å². The Hall–Kier alpha value is -2.24. The lowest BCUT2D eigenvalue weighted by Crippen LogP contribution is -2.19. The van der Waals surface area contributed by atoms with Crippen LogP contribution in [-0.4, -0.2) is 34.8 Å². The number of oxime groups is 1. The molecule has 0 radical (unpaired) electrons. The first kappa shape index (κ1) is 11.8. The second-order valence-corrected chi connectivity index (χ2v) is 2.88. The fourth-order valence-corrected chi connectivity index (χ4v) is 1.05. The van der Waals surface area contributed by atoms with Crippen LogP contribution in [0.25, 0.3) is 0 Å². The van der Waals surface area contributed by atoms with E-state index in [1.807, 2.05) is 0 Å². The molecular formula is C10H10N2O4. The number of rotatable bonds is 4. The lowest BCUT2D eigenvalue weighted by atomic mass is 10.1. The minimum absolute atomic E-state index is 0.325. The van der Waals surface area contributed by atoms with Gasteiger partial charge in [-0.15, -0.1) is 0 Å². The molecule has 0 bridgehead atoms. The number of nitrogens with zero attached hydrogens (tertiary/aromatic N) is 2. The van der Waals surface area contributed by atoms with E-state index in [1.165, 1.54) is 12.4 Å². The van der Waals surface area contributed by atoms with Crippen LogP contribution in [0.4, 0.5) is 0 Å². The Morgan fingerprint density at radius 1 is 1.56 bits per heavy atom. The highest BCUT2D eigenvalue weighted by molar-refractivity contribution is 6.40. The first-order chi connectivity index (χ1) is 7.69. The third kappa shape index (κ3) is 2.88. The highest BCUT2D eigenvalue weighted by Gasteiger charge is 2.18. The van der Waals surface area contributed by atoms with Crippen LogP contribution >= 0.6 is 0 Å². The van der Waals surface area contributed by atoms with Crippen LogP contribution in [-0.2, 0) is 9.53 Å². The predicted molar refractivity (Wildman–Crippen MR) is 54.4 cm³/mol. The van der Waals surface area contributed by atoms with E-state index in [0.717, 1.165) is 7.11 Å². The lowest BCUT2D eigenvalue weighted by Gasteiger charge is -2.01. The smallest absolute Gasteiger partial charge is 0.356 e. The zero-order valence-electron chi connectivity index (χ0n) is 8.58. The molecule has 1 aromatic rings. The fraction of sp³-hybridized carbons (Fsp3) is 0.200. The third-order valence-electron chi connectivity index (χ3n) is 1.85. The van der Waals surface area contributed by atoms with Gasteiger partial charge < -0.3 is 9.94 Å². The molecule has 0 unspecified atom stereocenters. The Kier molecular flexibility index (Phi) is 4.14. The normalized spacial score (nSPS) is 10.9. The molecule has 1 rings (SSSR count). The van der Waals surface area contributed by atoms with E-state index in [-0.39, 0.29) is 17.9 Å². The number of ether oxygens (including phenoxy) is 1. The van der Waals surface area contributed by atoms with Crippen molar-refractivity contribution in [2.24, 2.45) is 5.16 Å². The summed E-state index contributed by atoms with van der Waals surface area (Å²) >= 11 is 0. The third-order valence-corrected chi connectivity index (χ3v) is 1.85. The molecule has 1 heterocycles. The molecule has 0 amide bonds. The number of pyridine rings is 1. The molecule has 84 valence electrons. The predicted octanol–water partition coefficient (Wildman–Crippen LogP) is 0.658. The molecule has 6 heteroatoms. The number of ketones is 1. The molecule has 0 atom stereocenters. The standard InChI is InChI=1S/C10H10N2O4/c1-16-10(14)8(12-15)5-9(13)7-3-2-4-11-6-7/h2-4,6,15H,5H2,1H3/b12-8-. The average Bonchev–Trinajstić information content (AvgIpc) is 2.35. The van der Waals surface area contributed by atoms with Crippen LogP contribution in [0, 0.1) is 0 Å². The SMILES string of the molecule is COC(=O)/C(CC(=O)c1cccnc1)=N\O. The quantitative estimate of drug-likeness (QED) is 0.266. The summed E-state index contributed by atoms with van der Waals surface area (Å²) in [7, 11) is 1.14. The zero-order valence-corrected chi connectivity index (χ0v) is 8.58. The maximum absolute atomic E-state index is 11.6. The molecule has 1 aromatic heterocycles. The summed E-state index contributed by atoms with van der Waals surface area (Å²) in [6, 6.07) is 3.16. The van der Waals surface area contributed by atoms with Crippen molar-refractivity contribution in [3.63, 3.8) is 0 Å². The molecule has 0 aromatic carbocycles. The van der Waals surface area contributed by atoms with Gasteiger partial charge in [-0.3, -0.25) is 9.78 Å². The molecule has 0 saturated heterocycles. The van der Waals surface area contributed by atoms with Crippen LogP contribution in [0.5, 0.6) is 0 Å². The van der Waals surface area contributed by atoms with Gasteiger partial charge in [0.05, 0.1) is 13.5 Å². The van der Waals surface area contributed by atoms with Gasteiger partial charge in [0.2, 0.25) is 0 Å². The van der Waals surface area contributed by atoms with Crippen molar-refractivity contribution < 1.29 is 19.5 Å². The van der Waals surface area contributed by atoms with Gasteiger partial charge in [-0.05, 0) is 12.1 Å². The minimum atomic E-state index is -0.834. The van der Waals surface area contributed by atoms with Crippen molar-refractivity contribution in [2.45, 2.75) is 6.42 Å². The van der Waals surface area contributed by atoms with Gasteiger partial charge in [0.15, 0.2) is 11.5 Å². The number of aromatic nitrogens is 1. The van der Waals surface area contributed by atoms with E-state index >= 15 is 0 Å². The molecule has 0 aliphatic heterocycles. The van der Waals surface area contributed by atoms with Crippen molar-refractivity contribution in [2.75, 3.05) is 7.11 Å². The molecule has 0 fully saturated rings. The summed E-state index contributed by atoms with van der Waals surface area (Å²) in [6.45, 7) is 0. The number of hydrogen-bond donors (Lipinski definition) is 1. The van der Waals surface area contributed by atoms with E-state index in [9.17, 15) is 9.59 Å². The van der Waals surface area contributed by atoms with Gasteiger partial charge in [-0.25, -0.2) is 4.79 Å². The number of hydrogen-bond acceptors (Lipinski definition) is 6. The van der Waals surface area contributed by atoms with Gasteiger partial charge in [0.1, 0.15) is 0 Å². The lowest BCUT2D eigenvalue weighted by molar-refractivity contribution is -0.133. The fourth-order valence-electron chi connectivity index (χ4n) is 1.05. The average molecular weight is 222 g/mol. The zero-order chi connectivity index (χ0) is 12.0. The molecule has 0 spiro atoms. The van der Waals surface area contributed by atoms with Crippen molar-refractivity contribution in [3.05, 3.63) is 30.1 Å². The number of Topliss-reactive ketones (excluding diaryl/α,β-unsaturated/α-hetero) is 1. The Bertz CT molecular complexity index is 414. The van der Waals surface area contributed by atoms with Gasteiger partial charge in [0, 0.05) is 18.0 Å². The number of methoxy groups -OCH3 is 1. The van der Waals surface area contributed by atoms with Gasteiger partial charge in [0.25, 0.3) is 0 Å². The summed E-state index contributed by atoms with van der Waals surface area (Å²) in [4.78, 5) is 26.4. The Morgan fingerprint density at radius 2 is 2.31 bits per heavy atom. The number of carbonyl (C=O) groups excluding carboxylic acids is 2.